The highest BCUT2D eigenvalue weighted by molar-refractivity contribution is 6.07. The molecule has 1 saturated heterocycles. The second-order valence-electron chi connectivity index (χ2n) is 9.55. The standard InChI is InChI=1S/C26H27F3N2O2/c1-16-6-2-3-7-17-13-23(30-22(17)10-16)25(32)31-14-19-11-18(12-20(19)15-31)21-8-4-5-9-24(21)33-26(27,28)29/h2,4-6,8-10,13,17-20H,3,7,11-12,14-15H2,1H3/b6-2-,16-10-/t17?,18-,19-,20+. The summed E-state index contributed by atoms with van der Waals surface area (Å²) in [6, 6.07) is 6.43. The van der Waals surface area contributed by atoms with Crippen molar-refractivity contribution in [2.45, 2.75) is 44.9 Å². The van der Waals surface area contributed by atoms with Gasteiger partial charge in [-0.25, -0.2) is 4.99 Å². The van der Waals surface area contributed by atoms with E-state index in [0.29, 0.717) is 24.4 Å². The van der Waals surface area contributed by atoms with Gasteiger partial charge in [0.15, 0.2) is 0 Å². The lowest BCUT2D eigenvalue weighted by Gasteiger charge is -2.21. The van der Waals surface area contributed by atoms with Crippen molar-refractivity contribution in [1.82, 2.24) is 4.90 Å². The van der Waals surface area contributed by atoms with Gasteiger partial charge in [0.1, 0.15) is 11.4 Å². The third-order valence-electron chi connectivity index (χ3n) is 7.23. The Bertz CT molecular complexity index is 1060. The highest BCUT2D eigenvalue weighted by atomic mass is 19.4. The number of likely N-dealkylation sites (tertiary alicyclic amines) is 1. The summed E-state index contributed by atoms with van der Waals surface area (Å²) in [7, 11) is 0. The van der Waals surface area contributed by atoms with Gasteiger partial charge in [-0.2, -0.15) is 0 Å². The van der Waals surface area contributed by atoms with Crippen LogP contribution in [0.2, 0.25) is 0 Å². The zero-order chi connectivity index (χ0) is 23.2. The first kappa shape index (κ1) is 22.0. The zero-order valence-electron chi connectivity index (χ0n) is 18.5. The number of hydrogen-bond acceptors (Lipinski definition) is 3. The number of amides is 1. The van der Waals surface area contributed by atoms with Crippen LogP contribution in [-0.2, 0) is 4.79 Å². The summed E-state index contributed by atoms with van der Waals surface area (Å²) in [6.45, 7) is 3.30. The highest BCUT2D eigenvalue weighted by Gasteiger charge is 2.44. The Morgan fingerprint density at radius 3 is 2.61 bits per heavy atom. The summed E-state index contributed by atoms with van der Waals surface area (Å²) in [4.78, 5) is 19.8. The summed E-state index contributed by atoms with van der Waals surface area (Å²) in [5.41, 5.74) is 3.23. The first-order valence-corrected chi connectivity index (χ1v) is 11.6. The molecule has 174 valence electrons. The molecule has 4 atom stereocenters. The van der Waals surface area contributed by atoms with Crippen LogP contribution in [0.4, 0.5) is 13.2 Å². The van der Waals surface area contributed by atoms with E-state index in [-0.39, 0.29) is 35.3 Å². The number of carbonyl (C=O) groups excluding carboxylic acids is 1. The van der Waals surface area contributed by atoms with Gasteiger partial charge < -0.3 is 9.64 Å². The van der Waals surface area contributed by atoms with Crippen molar-refractivity contribution in [1.29, 1.82) is 0 Å². The van der Waals surface area contributed by atoms with Gasteiger partial charge in [-0.3, -0.25) is 4.79 Å². The monoisotopic (exact) mass is 456 g/mol. The maximum absolute atomic E-state index is 13.2. The number of halogens is 3. The Balaban J connectivity index is 1.25. The number of alkyl halides is 3. The highest BCUT2D eigenvalue weighted by Crippen LogP contribution is 2.49. The molecule has 33 heavy (non-hydrogen) atoms. The van der Waals surface area contributed by atoms with Crippen molar-refractivity contribution in [3.63, 3.8) is 0 Å². The van der Waals surface area contributed by atoms with Gasteiger partial charge in [-0.05, 0) is 79.7 Å². The van der Waals surface area contributed by atoms with Crippen LogP contribution in [-0.4, -0.2) is 36.0 Å². The number of carbonyl (C=O) groups is 1. The van der Waals surface area contributed by atoms with Gasteiger partial charge >= 0.3 is 6.36 Å². The van der Waals surface area contributed by atoms with Crippen molar-refractivity contribution in [2.24, 2.45) is 22.7 Å². The lowest BCUT2D eigenvalue weighted by molar-refractivity contribution is -0.275. The van der Waals surface area contributed by atoms with E-state index in [4.69, 9.17) is 0 Å². The minimum atomic E-state index is -4.71. The number of hydrogen-bond donors (Lipinski definition) is 0. The lowest BCUT2D eigenvalue weighted by atomic mass is 9.94. The number of aliphatic imine (C=N–C) groups is 1. The molecule has 0 spiro atoms. The number of allylic oxidation sites excluding steroid dienone is 5. The predicted molar refractivity (Wildman–Crippen MR) is 120 cm³/mol. The number of fused-ring (bicyclic) bond motifs is 2. The summed E-state index contributed by atoms with van der Waals surface area (Å²) in [6.07, 6.45) is 7.03. The number of benzene rings is 1. The molecule has 2 aliphatic carbocycles. The molecule has 2 aliphatic heterocycles. The van der Waals surface area contributed by atoms with Gasteiger partial charge in [0.05, 0.1) is 0 Å². The van der Waals surface area contributed by atoms with E-state index in [9.17, 15) is 18.0 Å². The minimum Gasteiger partial charge on any atom is -0.405 e. The summed E-state index contributed by atoms with van der Waals surface area (Å²) >= 11 is 0. The zero-order valence-corrected chi connectivity index (χ0v) is 18.5. The molecule has 0 radical (unpaired) electrons. The molecule has 1 aromatic rings. The Labute approximate surface area is 191 Å². The predicted octanol–water partition coefficient (Wildman–Crippen LogP) is 5.79. The number of ether oxygens (including phenoxy) is 1. The van der Waals surface area contributed by atoms with E-state index in [2.05, 4.69) is 28.0 Å². The van der Waals surface area contributed by atoms with Gasteiger partial charge in [0.25, 0.3) is 5.91 Å². The van der Waals surface area contributed by atoms with Crippen molar-refractivity contribution in [3.05, 3.63) is 65.4 Å². The molecule has 1 unspecified atom stereocenters. The molecular formula is C26H27F3N2O2. The van der Waals surface area contributed by atoms with Gasteiger partial charge in [0, 0.05) is 24.7 Å². The van der Waals surface area contributed by atoms with Crippen molar-refractivity contribution >= 4 is 11.6 Å². The van der Waals surface area contributed by atoms with Crippen LogP contribution in [0.15, 0.2) is 64.8 Å². The van der Waals surface area contributed by atoms with Crippen LogP contribution in [0, 0.1) is 17.8 Å². The Kier molecular flexibility index (Phi) is 5.67. The normalized spacial score (nSPS) is 31.5. The molecule has 1 saturated carbocycles. The van der Waals surface area contributed by atoms with Crippen LogP contribution in [0.3, 0.4) is 0 Å². The smallest absolute Gasteiger partial charge is 0.405 e. The average Bonchev–Trinajstić information content (AvgIpc) is 3.42. The third-order valence-corrected chi connectivity index (χ3v) is 7.23. The van der Waals surface area contributed by atoms with Crippen LogP contribution < -0.4 is 4.74 Å². The SMILES string of the molecule is CC1=C/C2=NC(C(=O)N3C[C@H]4C[C@@H](c5ccccc5OC(F)(F)F)C[C@H]4C3)=CC2CC/C=C\1. The third kappa shape index (κ3) is 4.63. The molecule has 4 aliphatic rings. The number of nitrogens with zero attached hydrogens (tertiary/aromatic N) is 2. The van der Waals surface area contributed by atoms with Crippen molar-refractivity contribution in [3.8, 4) is 5.75 Å². The fraction of sp³-hybridized carbons (Fsp3) is 0.462. The quantitative estimate of drug-likeness (QED) is 0.578. The first-order valence-electron chi connectivity index (χ1n) is 11.6. The summed E-state index contributed by atoms with van der Waals surface area (Å²) in [5, 5.41) is 0. The lowest BCUT2D eigenvalue weighted by Crippen LogP contribution is -2.30. The fourth-order valence-corrected chi connectivity index (χ4v) is 5.77. The Morgan fingerprint density at radius 1 is 1.15 bits per heavy atom. The Morgan fingerprint density at radius 2 is 1.88 bits per heavy atom. The molecule has 0 aromatic heterocycles. The minimum absolute atomic E-state index is 0.0118. The van der Waals surface area contributed by atoms with E-state index in [1.807, 2.05) is 17.9 Å². The first-order chi connectivity index (χ1) is 15.8. The molecule has 7 heteroatoms. The van der Waals surface area contributed by atoms with E-state index < -0.39 is 6.36 Å². The van der Waals surface area contributed by atoms with E-state index in [1.165, 1.54) is 6.07 Å². The maximum Gasteiger partial charge on any atom is 0.573 e. The van der Waals surface area contributed by atoms with Crippen LogP contribution in [0.5, 0.6) is 5.75 Å². The summed E-state index contributed by atoms with van der Waals surface area (Å²) < 4.78 is 42.7. The second kappa shape index (κ2) is 8.50. The molecule has 5 rings (SSSR count). The topological polar surface area (TPSA) is 41.9 Å². The van der Waals surface area contributed by atoms with Crippen LogP contribution in [0.25, 0.3) is 0 Å². The van der Waals surface area contributed by atoms with Crippen molar-refractivity contribution < 1.29 is 22.7 Å². The van der Waals surface area contributed by atoms with E-state index in [0.717, 1.165) is 37.0 Å². The van der Waals surface area contributed by atoms with Crippen molar-refractivity contribution in [2.75, 3.05) is 13.1 Å². The molecule has 2 heterocycles. The second-order valence-corrected chi connectivity index (χ2v) is 9.55. The van der Waals surface area contributed by atoms with Gasteiger partial charge in [-0.1, -0.05) is 30.4 Å². The maximum atomic E-state index is 13.2. The molecule has 1 aromatic carbocycles. The summed E-state index contributed by atoms with van der Waals surface area (Å²) in [5.74, 6) is 0.625. The van der Waals surface area contributed by atoms with Gasteiger partial charge in [-0.15, -0.1) is 13.2 Å². The fourth-order valence-electron chi connectivity index (χ4n) is 5.77. The van der Waals surface area contributed by atoms with Crippen LogP contribution in [0.1, 0.15) is 44.1 Å². The number of para-hydroxylation sites is 1. The average molecular weight is 457 g/mol. The Hall–Kier alpha value is -2.83. The molecule has 0 N–H and O–H groups in total. The van der Waals surface area contributed by atoms with E-state index >= 15 is 0 Å². The molecule has 4 nitrogen and oxygen atoms in total. The molecule has 2 fully saturated rings. The number of rotatable bonds is 3. The largest absolute Gasteiger partial charge is 0.573 e. The molecular weight excluding hydrogens is 429 g/mol. The van der Waals surface area contributed by atoms with Gasteiger partial charge in [0.2, 0.25) is 0 Å². The molecule has 0 bridgehead atoms. The van der Waals surface area contributed by atoms with E-state index in [1.54, 1.807) is 18.2 Å². The molecule has 1 amide bonds. The van der Waals surface area contributed by atoms with Crippen LogP contribution >= 0.6 is 0 Å².